The van der Waals surface area contributed by atoms with Crippen LogP contribution in [0.3, 0.4) is 0 Å². The van der Waals surface area contributed by atoms with Crippen molar-refractivity contribution in [2.45, 2.75) is 11.7 Å². The SMILES string of the molecule is Cn1cc[n+](C)c1SCCNC(=O)C[n+]1ccc(/N=N/c2ccc(N(CCO)CCO)cc2)c2ccccc21. The Labute approximate surface area is 232 Å². The molecular formula is C28H35N7O3S+2. The third kappa shape index (κ3) is 7.41. The van der Waals surface area contributed by atoms with Gasteiger partial charge in [-0.2, -0.15) is 9.68 Å². The maximum Gasteiger partial charge on any atom is 0.317 e. The number of aliphatic hydroxyl groups is 2. The summed E-state index contributed by atoms with van der Waals surface area (Å²) >= 11 is 1.70. The Morgan fingerprint density at radius 2 is 1.77 bits per heavy atom. The number of azo groups is 1. The molecule has 4 rings (SSSR count). The molecule has 0 spiro atoms. The number of aryl methyl sites for hydroxylation is 2. The lowest BCUT2D eigenvalue weighted by Crippen LogP contribution is -2.43. The number of amides is 1. The summed E-state index contributed by atoms with van der Waals surface area (Å²) in [5.41, 5.74) is 3.19. The maximum atomic E-state index is 12.7. The van der Waals surface area contributed by atoms with Crippen LogP contribution in [0.4, 0.5) is 17.1 Å². The number of fused-ring (bicyclic) bond motifs is 1. The van der Waals surface area contributed by atoms with Gasteiger partial charge in [0.2, 0.25) is 12.1 Å². The van der Waals surface area contributed by atoms with E-state index in [2.05, 4.69) is 24.7 Å². The Kier molecular flexibility index (Phi) is 10.0. The number of nitrogens with zero attached hydrogens (tertiary/aromatic N) is 6. The number of hydrogen-bond donors (Lipinski definition) is 3. The molecule has 1 amide bonds. The summed E-state index contributed by atoms with van der Waals surface area (Å²) in [5.74, 6) is 0.734. The van der Waals surface area contributed by atoms with E-state index in [9.17, 15) is 15.0 Å². The number of benzene rings is 2. The van der Waals surface area contributed by atoms with Gasteiger partial charge in [0, 0.05) is 43.2 Å². The zero-order chi connectivity index (χ0) is 27.6. The summed E-state index contributed by atoms with van der Waals surface area (Å²) in [6.45, 7) is 1.70. The number of rotatable bonds is 13. The van der Waals surface area contributed by atoms with Crippen LogP contribution in [-0.4, -0.2) is 59.3 Å². The molecule has 0 bridgehead atoms. The van der Waals surface area contributed by atoms with E-state index >= 15 is 0 Å². The van der Waals surface area contributed by atoms with Gasteiger partial charge in [-0.25, -0.2) is 9.13 Å². The molecule has 11 heteroatoms. The molecule has 0 radical (unpaired) electrons. The van der Waals surface area contributed by atoms with Crippen molar-refractivity contribution in [3.05, 3.63) is 73.2 Å². The van der Waals surface area contributed by atoms with Crippen molar-refractivity contribution in [3.8, 4) is 0 Å². The fourth-order valence-corrected chi connectivity index (χ4v) is 5.19. The Bertz CT molecular complexity index is 1400. The molecule has 204 valence electrons. The monoisotopic (exact) mass is 549 g/mol. The van der Waals surface area contributed by atoms with Crippen molar-refractivity contribution in [3.63, 3.8) is 0 Å². The van der Waals surface area contributed by atoms with Crippen molar-refractivity contribution < 1.29 is 24.1 Å². The summed E-state index contributed by atoms with van der Waals surface area (Å²) in [5, 5.41) is 32.5. The number of anilines is 1. The fraction of sp³-hybridized carbons (Fsp3) is 0.321. The minimum atomic E-state index is -0.0482. The number of nitrogens with one attached hydrogen (secondary N) is 1. The van der Waals surface area contributed by atoms with Crippen LogP contribution in [0.15, 0.2) is 88.6 Å². The smallest absolute Gasteiger partial charge is 0.317 e. The third-order valence-electron chi connectivity index (χ3n) is 6.22. The highest BCUT2D eigenvalue weighted by molar-refractivity contribution is 7.99. The Morgan fingerprint density at radius 3 is 2.46 bits per heavy atom. The average molecular weight is 550 g/mol. The maximum absolute atomic E-state index is 12.7. The Morgan fingerprint density at radius 1 is 1.03 bits per heavy atom. The van der Waals surface area contributed by atoms with Gasteiger partial charge in [0.15, 0.2) is 6.20 Å². The van der Waals surface area contributed by atoms with E-state index in [0.717, 1.165) is 27.5 Å². The second kappa shape index (κ2) is 13.8. The second-order valence-electron chi connectivity index (χ2n) is 9.00. The topological polar surface area (TPSA) is 110 Å². The first-order valence-corrected chi connectivity index (χ1v) is 13.8. The molecule has 10 nitrogen and oxygen atoms in total. The van der Waals surface area contributed by atoms with E-state index in [0.29, 0.717) is 31.0 Å². The number of carbonyl (C=O) groups is 1. The quantitative estimate of drug-likeness (QED) is 0.103. The summed E-state index contributed by atoms with van der Waals surface area (Å²) in [7, 11) is 4.02. The molecule has 4 aromatic rings. The molecule has 0 aliphatic heterocycles. The minimum Gasteiger partial charge on any atom is -0.395 e. The molecule has 0 aliphatic rings. The number of hydrogen-bond acceptors (Lipinski definition) is 7. The molecule has 0 aliphatic carbocycles. The second-order valence-corrected chi connectivity index (χ2v) is 10.1. The van der Waals surface area contributed by atoms with Gasteiger partial charge in [-0.05, 0) is 42.1 Å². The van der Waals surface area contributed by atoms with Gasteiger partial charge in [-0.3, -0.25) is 4.79 Å². The largest absolute Gasteiger partial charge is 0.395 e. The van der Waals surface area contributed by atoms with Crippen LogP contribution in [0, 0.1) is 0 Å². The van der Waals surface area contributed by atoms with Gasteiger partial charge in [0.25, 0.3) is 5.91 Å². The molecule has 0 saturated carbocycles. The lowest BCUT2D eigenvalue weighted by atomic mass is 10.2. The van der Waals surface area contributed by atoms with E-state index in [-0.39, 0.29) is 25.7 Å². The van der Waals surface area contributed by atoms with E-state index < -0.39 is 0 Å². The number of para-hydroxylation sites is 1. The van der Waals surface area contributed by atoms with Crippen LogP contribution in [0.25, 0.3) is 10.9 Å². The van der Waals surface area contributed by atoms with E-state index in [1.807, 2.05) is 96.8 Å². The van der Waals surface area contributed by atoms with Crippen LogP contribution in [-0.2, 0) is 25.4 Å². The molecule has 3 N–H and O–H groups in total. The Hall–Kier alpha value is -3.80. The average Bonchev–Trinajstić information content (AvgIpc) is 3.27. The number of carbonyl (C=O) groups excluding carboxylic acids is 1. The van der Waals surface area contributed by atoms with Crippen molar-refractivity contribution in [2.75, 3.05) is 43.5 Å². The highest BCUT2D eigenvalue weighted by atomic mass is 32.2. The zero-order valence-electron chi connectivity index (χ0n) is 22.3. The molecule has 2 aromatic heterocycles. The first kappa shape index (κ1) is 28.2. The number of aliphatic hydroxyl groups excluding tert-OH is 2. The van der Waals surface area contributed by atoms with Gasteiger partial charge >= 0.3 is 5.16 Å². The van der Waals surface area contributed by atoms with E-state index in [1.54, 1.807) is 11.8 Å². The van der Waals surface area contributed by atoms with Gasteiger partial charge < -0.3 is 20.4 Å². The van der Waals surface area contributed by atoms with Crippen LogP contribution in [0.5, 0.6) is 0 Å². The Balaban J connectivity index is 1.40. The summed E-state index contributed by atoms with van der Waals surface area (Å²) in [4.78, 5) is 14.6. The van der Waals surface area contributed by atoms with E-state index in [1.165, 1.54) is 0 Å². The minimum absolute atomic E-state index is 0.0103. The molecule has 39 heavy (non-hydrogen) atoms. The molecule has 0 unspecified atom stereocenters. The van der Waals surface area contributed by atoms with Gasteiger partial charge in [-0.15, -0.1) is 5.11 Å². The van der Waals surface area contributed by atoms with Crippen LogP contribution in [0.2, 0.25) is 0 Å². The standard InChI is InChI=1S/C28H34N7O3S/c1-32-14-15-33(2)28(32)39-20-12-29-27(38)21-35-13-11-25(24-5-3-4-6-26(24)35)31-30-22-7-9-23(10-8-22)34(16-18-36)17-19-37/h3-11,13-15,36-37H,12,16-21H2,1-2H3/q+1/p+1. The molecule has 0 atom stereocenters. The van der Waals surface area contributed by atoms with Crippen molar-refractivity contribution in [1.82, 2.24) is 9.88 Å². The molecule has 0 saturated heterocycles. The normalized spacial score (nSPS) is 11.4. The third-order valence-corrected chi connectivity index (χ3v) is 7.46. The summed E-state index contributed by atoms with van der Waals surface area (Å²) in [6.07, 6.45) is 5.88. The van der Waals surface area contributed by atoms with Crippen molar-refractivity contribution in [1.29, 1.82) is 0 Å². The van der Waals surface area contributed by atoms with Crippen LogP contribution < -0.4 is 19.4 Å². The zero-order valence-corrected chi connectivity index (χ0v) is 23.1. The number of aromatic nitrogens is 3. The highest BCUT2D eigenvalue weighted by Gasteiger charge is 2.17. The summed E-state index contributed by atoms with van der Waals surface area (Å²) < 4.78 is 6.04. The first-order chi connectivity index (χ1) is 19.0. The van der Waals surface area contributed by atoms with Gasteiger partial charge in [-0.1, -0.05) is 12.1 Å². The van der Waals surface area contributed by atoms with Gasteiger partial charge in [0.05, 0.1) is 38.4 Å². The van der Waals surface area contributed by atoms with E-state index in [4.69, 9.17) is 0 Å². The summed E-state index contributed by atoms with van der Waals surface area (Å²) in [6, 6.07) is 17.2. The lowest BCUT2D eigenvalue weighted by Gasteiger charge is -2.22. The van der Waals surface area contributed by atoms with Crippen molar-refractivity contribution >= 4 is 45.6 Å². The molecule has 2 heterocycles. The number of thioether (sulfide) groups is 1. The fourth-order valence-electron chi connectivity index (χ4n) is 4.27. The predicted molar refractivity (Wildman–Crippen MR) is 151 cm³/mol. The van der Waals surface area contributed by atoms with Crippen LogP contribution in [0.1, 0.15) is 0 Å². The predicted octanol–water partition coefficient (Wildman–Crippen LogP) is 2.41. The first-order valence-electron chi connectivity index (χ1n) is 12.8. The molecular weight excluding hydrogens is 514 g/mol. The van der Waals surface area contributed by atoms with Crippen molar-refractivity contribution in [2.24, 2.45) is 24.3 Å². The van der Waals surface area contributed by atoms with Crippen LogP contribution >= 0.6 is 11.8 Å². The number of pyridine rings is 1. The highest BCUT2D eigenvalue weighted by Crippen LogP contribution is 2.26. The van der Waals surface area contributed by atoms with Gasteiger partial charge in [0.1, 0.15) is 18.1 Å². The molecule has 0 fully saturated rings. The number of imidazole rings is 1. The lowest BCUT2D eigenvalue weighted by molar-refractivity contribution is -0.709. The molecule has 2 aromatic carbocycles.